The molecular weight excluding hydrogens is 372 g/mol. The summed E-state index contributed by atoms with van der Waals surface area (Å²) in [5.74, 6) is 1.20. The Morgan fingerprint density at radius 2 is 1.96 bits per heavy atom. The molecule has 4 rings (SSSR count). The summed E-state index contributed by atoms with van der Waals surface area (Å²) in [6.45, 7) is 0. The quantitative estimate of drug-likeness (QED) is 0.546. The van der Waals surface area contributed by atoms with Gasteiger partial charge < -0.3 is 9.30 Å². The number of nitrogens with zero attached hydrogens (tertiary/aromatic N) is 3. The van der Waals surface area contributed by atoms with Crippen molar-refractivity contribution in [1.82, 2.24) is 14.5 Å². The van der Waals surface area contributed by atoms with Gasteiger partial charge in [-0.25, -0.2) is 9.97 Å². The van der Waals surface area contributed by atoms with E-state index in [9.17, 15) is 4.79 Å². The van der Waals surface area contributed by atoms with E-state index in [-0.39, 0.29) is 5.91 Å². The second-order valence-electron chi connectivity index (χ2n) is 6.11. The Balaban J connectivity index is 1.71. The first-order valence-electron chi connectivity index (χ1n) is 8.65. The molecule has 2 aromatic carbocycles. The number of hydrogen-bond acceptors (Lipinski definition) is 5. The number of aromatic nitrogens is 3. The molecule has 0 aliphatic rings. The minimum Gasteiger partial charge on any atom is -0.497 e. The van der Waals surface area contributed by atoms with E-state index in [1.807, 2.05) is 48.1 Å². The van der Waals surface area contributed by atoms with Gasteiger partial charge in [0, 0.05) is 30.6 Å². The van der Waals surface area contributed by atoms with Crippen LogP contribution in [0.15, 0.2) is 67.0 Å². The Morgan fingerprint density at radius 3 is 2.68 bits per heavy atom. The molecule has 1 amide bonds. The molecule has 0 radical (unpaired) electrons. The normalized spacial score (nSPS) is 10.6. The third-order valence-electron chi connectivity index (χ3n) is 4.25. The average molecular weight is 390 g/mol. The van der Waals surface area contributed by atoms with Crippen LogP contribution >= 0.6 is 11.3 Å². The summed E-state index contributed by atoms with van der Waals surface area (Å²) in [5, 5.41) is 3.42. The number of nitrogens with one attached hydrogen (secondary N) is 1. The SMILES string of the molecule is COc1cccc(C(=O)Nc2nc(-c3ccccc3)c(-c3nccn3C)s2)c1. The summed E-state index contributed by atoms with van der Waals surface area (Å²) in [7, 11) is 3.51. The number of ether oxygens (including phenoxy) is 1. The summed E-state index contributed by atoms with van der Waals surface area (Å²) < 4.78 is 7.13. The zero-order valence-corrected chi connectivity index (χ0v) is 16.2. The van der Waals surface area contributed by atoms with Crippen LogP contribution in [0.1, 0.15) is 10.4 Å². The maximum atomic E-state index is 12.7. The van der Waals surface area contributed by atoms with Crippen molar-refractivity contribution in [2.45, 2.75) is 0 Å². The van der Waals surface area contributed by atoms with Crippen LogP contribution in [-0.2, 0) is 7.05 Å². The van der Waals surface area contributed by atoms with Gasteiger partial charge in [0.2, 0.25) is 0 Å². The molecule has 0 fully saturated rings. The van der Waals surface area contributed by atoms with Crippen LogP contribution in [-0.4, -0.2) is 27.6 Å². The van der Waals surface area contributed by atoms with E-state index in [0.717, 1.165) is 22.0 Å². The smallest absolute Gasteiger partial charge is 0.257 e. The van der Waals surface area contributed by atoms with Gasteiger partial charge in [0.1, 0.15) is 5.75 Å². The highest BCUT2D eigenvalue weighted by molar-refractivity contribution is 7.19. The number of rotatable bonds is 5. The van der Waals surface area contributed by atoms with Crippen LogP contribution in [0.2, 0.25) is 0 Å². The Labute approximate surface area is 166 Å². The minimum atomic E-state index is -0.237. The summed E-state index contributed by atoms with van der Waals surface area (Å²) in [4.78, 5) is 22.7. The Morgan fingerprint density at radius 1 is 1.14 bits per heavy atom. The number of imidazole rings is 1. The number of methoxy groups -OCH3 is 1. The molecule has 2 aromatic heterocycles. The van der Waals surface area contributed by atoms with Crippen molar-refractivity contribution in [3.8, 4) is 27.7 Å². The van der Waals surface area contributed by atoms with Gasteiger partial charge in [-0.3, -0.25) is 10.1 Å². The highest BCUT2D eigenvalue weighted by Crippen LogP contribution is 2.38. The lowest BCUT2D eigenvalue weighted by molar-refractivity contribution is 0.102. The molecule has 0 bridgehead atoms. The molecule has 7 heteroatoms. The van der Waals surface area contributed by atoms with Gasteiger partial charge in [0.15, 0.2) is 11.0 Å². The van der Waals surface area contributed by atoms with Crippen molar-refractivity contribution in [2.24, 2.45) is 7.05 Å². The summed E-state index contributed by atoms with van der Waals surface area (Å²) >= 11 is 1.40. The highest BCUT2D eigenvalue weighted by atomic mass is 32.1. The molecule has 0 aliphatic heterocycles. The fraction of sp³-hybridized carbons (Fsp3) is 0.0952. The minimum absolute atomic E-state index is 0.237. The van der Waals surface area contributed by atoms with Gasteiger partial charge in [-0.15, -0.1) is 0 Å². The topological polar surface area (TPSA) is 69.0 Å². The lowest BCUT2D eigenvalue weighted by atomic mass is 10.1. The number of aryl methyl sites for hydroxylation is 1. The third kappa shape index (κ3) is 3.52. The van der Waals surface area contributed by atoms with Crippen LogP contribution in [0.3, 0.4) is 0 Å². The van der Waals surface area contributed by atoms with E-state index in [0.29, 0.717) is 16.4 Å². The van der Waals surface area contributed by atoms with Crippen LogP contribution in [0.25, 0.3) is 22.0 Å². The predicted octanol–water partition coefficient (Wildman–Crippen LogP) is 4.47. The fourth-order valence-corrected chi connectivity index (χ4v) is 3.86. The molecule has 1 N–H and O–H groups in total. The highest BCUT2D eigenvalue weighted by Gasteiger charge is 2.19. The van der Waals surface area contributed by atoms with E-state index < -0.39 is 0 Å². The number of benzene rings is 2. The molecule has 0 aliphatic carbocycles. The van der Waals surface area contributed by atoms with Gasteiger partial charge in [-0.2, -0.15) is 0 Å². The number of carbonyl (C=O) groups is 1. The van der Waals surface area contributed by atoms with Crippen molar-refractivity contribution >= 4 is 22.4 Å². The monoisotopic (exact) mass is 390 g/mol. The molecule has 140 valence electrons. The van der Waals surface area contributed by atoms with Crippen LogP contribution < -0.4 is 10.1 Å². The van der Waals surface area contributed by atoms with Gasteiger partial charge in [0.05, 0.1) is 17.7 Å². The van der Waals surface area contributed by atoms with E-state index in [1.54, 1.807) is 37.6 Å². The molecule has 0 atom stereocenters. The van der Waals surface area contributed by atoms with E-state index >= 15 is 0 Å². The molecule has 6 nitrogen and oxygen atoms in total. The fourth-order valence-electron chi connectivity index (χ4n) is 2.83. The van der Waals surface area contributed by atoms with E-state index in [2.05, 4.69) is 15.3 Å². The zero-order valence-electron chi connectivity index (χ0n) is 15.4. The van der Waals surface area contributed by atoms with Crippen LogP contribution in [0.5, 0.6) is 5.75 Å². The maximum absolute atomic E-state index is 12.7. The molecule has 0 saturated heterocycles. The molecule has 28 heavy (non-hydrogen) atoms. The molecular formula is C21H18N4O2S. The summed E-state index contributed by atoms with van der Waals surface area (Å²) in [6, 6.07) is 16.9. The molecule has 0 unspecified atom stereocenters. The van der Waals surface area contributed by atoms with Crippen LogP contribution in [0, 0.1) is 0 Å². The van der Waals surface area contributed by atoms with Gasteiger partial charge in [0.25, 0.3) is 5.91 Å². The lowest BCUT2D eigenvalue weighted by Crippen LogP contribution is -2.11. The zero-order chi connectivity index (χ0) is 19.5. The molecule has 4 aromatic rings. The number of carbonyl (C=O) groups excluding carboxylic acids is 1. The maximum Gasteiger partial charge on any atom is 0.257 e. The molecule has 2 heterocycles. The molecule has 0 spiro atoms. The second kappa shape index (κ2) is 7.66. The summed E-state index contributed by atoms with van der Waals surface area (Å²) in [6.07, 6.45) is 3.64. The van der Waals surface area contributed by atoms with Gasteiger partial charge >= 0.3 is 0 Å². The summed E-state index contributed by atoms with van der Waals surface area (Å²) in [5.41, 5.74) is 2.27. The lowest BCUT2D eigenvalue weighted by Gasteiger charge is -2.04. The Kier molecular flexibility index (Phi) is 4.90. The number of hydrogen-bond donors (Lipinski definition) is 1. The largest absolute Gasteiger partial charge is 0.497 e. The third-order valence-corrected chi connectivity index (χ3v) is 5.22. The molecule has 0 saturated carbocycles. The van der Waals surface area contributed by atoms with Gasteiger partial charge in [-0.05, 0) is 18.2 Å². The van der Waals surface area contributed by atoms with E-state index in [4.69, 9.17) is 4.74 Å². The standard InChI is InChI=1S/C21H18N4O2S/c1-25-12-11-22-19(25)18-17(14-7-4-3-5-8-14)23-21(28-18)24-20(26)15-9-6-10-16(13-15)27-2/h3-13H,1-2H3,(H,23,24,26). The predicted molar refractivity (Wildman–Crippen MR) is 111 cm³/mol. The van der Waals surface area contributed by atoms with Crippen LogP contribution in [0.4, 0.5) is 5.13 Å². The number of anilines is 1. The van der Waals surface area contributed by atoms with Gasteiger partial charge in [-0.1, -0.05) is 47.7 Å². The van der Waals surface area contributed by atoms with E-state index in [1.165, 1.54) is 11.3 Å². The van der Waals surface area contributed by atoms with Crippen molar-refractivity contribution in [3.05, 3.63) is 72.6 Å². The van der Waals surface area contributed by atoms with Crippen molar-refractivity contribution < 1.29 is 9.53 Å². The average Bonchev–Trinajstić information content (AvgIpc) is 3.34. The Bertz CT molecular complexity index is 1120. The Hall–Kier alpha value is -3.45. The number of thiazole rings is 1. The first-order valence-corrected chi connectivity index (χ1v) is 9.46. The first kappa shape index (κ1) is 17.9. The number of amides is 1. The second-order valence-corrected chi connectivity index (χ2v) is 7.11. The van der Waals surface area contributed by atoms with Crippen molar-refractivity contribution in [1.29, 1.82) is 0 Å². The van der Waals surface area contributed by atoms with Crippen molar-refractivity contribution in [3.63, 3.8) is 0 Å². The first-order chi connectivity index (χ1) is 13.7. The van der Waals surface area contributed by atoms with Crippen molar-refractivity contribution in [2.75, 3.05) is 12.4 Å².